The fraction of sp³-hybridized carbons (Fsp3) is 0.902. The summed E-state index contributed by atoms with van der Waals surface area (Å²) in [5.41, 5.74) is 6.39. The first-order valence-electron chi connectivity index (χ1n) is 20.4. The lowest BCUT2D eigenvalue weighted by atomic mass is 9.63. The Morgan fingerprint density at radius 3 is 2.44 bits per heavy atom. The van der Waals surface area contributed by atoms with E-state index in [0.717, 1.165) is 57.9 Å². The Morgan fingerprint density at radius 1 is 0.960 bits per heavy atom. The van der Waals surface area contributed by atoms with Crippen LogP contribution in [0.5, 0.6) is 0 Å². The molecule has 0 aromatic carbocycles. The Kier molecular flexibility index (Phi) is 15.2. The first kappa shape index (κ1) is 39.8. The van der Waals surface area contributed by atoms with E-state index in [0.29, 0.717) is 43.9 Å². The van der Waals surface area contributed by atoms with E-state index in [-0.39, 0.29) is 73.1 Å². The van der Waals surface area contributed by atoms with Crippen molar-refractivity contribution < 1.29 is 40.1 Å². The molecule has 0 bridgehead atoms. The first-order valence-corrected chi connectivity index (χ1v) is 20.4. The van der Waals surface area contributed by atoms with Crippen LogP contribution in [-0.4, -0.2) is 77.7 Å². The fourth-order valence-electron chi connectivity index (χ4n) is 11.3. The van der Waals surface area contributed by atoms with Crippen molar-refractivity contribution in [3.05, 3.63) is 0 Å². The van der Waals surface area contributed by atoms with E-state index in [9.17, 15) is 30.0 Å². The van der Waals surface area contributed by atoms with Crippen molar-refractivity contribution in [2.45, 2.75) is 153 Å². The van der Waals surface area contributed by atoms with Gasteiger partial charge in [-0.3, -0.25) is 5.73 Å². The number of hydrogen-bond acceptors (Lipinski definition) is 8. The summed E-state index contributed by atoms with van der Waals surface area (Å²) in [7, 11) is 1.63. The minimum Gasteiger partial charge on any atom is -0.841 e. The van der Waals surface area contributed by atoms with Crippen LogP contribution in [0.4, 0.5) is 0 Å². The highest BCUT2D eigenvalue weighted by atomic mass is 16.5. The van der Waals surface area contributed by atoms with Crippen molar-refractivity contribution in [3.8, 4) is 11.8 Å². The number of carbonyl (C=O) groups excluding carboxylic acids is 2. The van der Waals surface area contributed by atoms with Crippen LogP contribution in [0, 0.1) is 71.0 Å². The molecule has 6 unspecified atom stereocenters. The molecule has 14 atom stereocenters. The average molecular weight is 701 g/mol. The molecule has 0 aromatic rings. The van der Waals surface area contributed by atoms with E-state index in [4.69, 9.17) is 10.5 Å². The minimum absolute atomic E-state index is 0.0146. The largest absolute Gasteiger partial charge is 0.841 e. The van der Waals surface area contributed by atoms with Gasteiger partial charge in [0.15, 0.2) is 0 Å². The van der Waals surface area contributed by atoms with Crippen molar-refractivity contribution in [1.29, 1.82) is 0 Å². The maximum Gasteiger partial charge on any atom is 0.137 e. The van der Waals surface area contributed by atoms with Crippen molar-refractivity contribution in [3.63, 3.8) is 0 Å². The lowest BCUT2D eigenvalue weighted by Gasteiger charge is -2.44. The van der Waals surface area contributed by atoms with Gasteiger partial charge in [0.2, 0.25) is 0 Å². The Bertz CT molecular complexity index is 1150. The van der Waals surface area contributed by atoms with Gasteiger partial charge in [0.25, 0.3) is 0 Å². The molecule has 9 heteroatoms. The van der Waals surface area contributed by atoms with Crippen LogP contribution in [0.1, 0.15) is 122 Å². The van der Waals surface area contributed by atoms with Crippen molar-refractivity contribution >= 4 is 11.6 Å². The number of Topliss-reactive ketones (excluding diaryl/α,β-unsaturated/α-hetero) is 2. The highest BCUT2D eigenvalue weighted by Gasteiger charge is 2.45. The summed E-state index contributed by atoms with van der Waals surface area (Å²) in [5, 5.41) is 48.4. The second-order valence-corrected chi connectivity index (χ2v) is 17.1. The van der Waals surface area contributed by atoms with Crippen LogP contribution in [0.3, 0.4) is 0 Å². The van der Waals surface area contributed by atoms with Crippen LogP contribution >= 0.6 is 0 Å². The Balaban J connectivity index is 1.57. The number of ketones is 2. The zero-order chi connectivity index (χ0) is 35.8. The molecule has 1 saturated heterocycles. The van der Waals surface area contributed by atoms with Gasteiger partial charge in [-0.25, -0.2) is 0 Å². The van der Waals surface area contributed by atoms with Gasteiger partial charge in [-0.2, -0.15) is 0 Å². The average Bonchev–Trinajstić information content (AvgIpc) is 3.28. The number of nitrogens with two attached hydrogens (primary N) is 2. The summed E-state index contributed by atoms with van der Waals surface area (Å²) in [6.45, 7) is 3.00. The van der Waals surface area contributed by atoms with E-state index >= 15 is 0 Å². The molecular weight excluding hydrogens is 632 g/mol. The lowest BCUT2D eigenvalue weighted by Crippen LogP contribution is -2.94. The van der Waals surface area contributed by atoms with Gasteiger partial charge in [0, 0.05) is 44.3 Å². The van der Waals surface area contributed by atoms with E-state index in [2.05, 4.69) is 24.1 Å². The molecule has 3 saturated carbocycles. The molecule has 4 aliphatic carbocycles. The lowest BCUT2D eigenvalue weighted by molar-refractivity contribution is -0.699. The number of rotatable bonds is 10. The molecular formula is C41H68N2O7. The zero-order valence-electron chi connectivity index (χ0n) is 30.9. The molecule has 0 amide bonds. The summed E-state index contributed by atoms with van der Waals surface area (Å²) in [5.74, 6) is 6.78. The fourth-order valence-corrected chi connectivity index (χ4v) is 11.3. The van der Waals surface area contributed by atoms with Gasteiger partial charge < -0.3 is 40.1 Å². The second-order valence-electron chi connectivity index (χ2n) is 17.1. The Hall–Kier alpha value is -1.38. The van der Waals surface area contributed by atoms with Crippen LogP contribution < -0.4 is 16.2 Å². The molecule has 5 aliphatic rings. The van der Waals surface area contributed by atoms with Gasteiger partial charge in [0.05, 0.1) is 24.9 Å². The predicted molar refractivity (Wildman–Crippen MR) is 190 cm³/mol. The van der Waals surface area contributed by atoms with Crippen molar-refractivity contribution in [2.75, 3.05) is 20.3 Å². The molecule has 1 aliphatic heterocycles. The van der Waals surface area contributed by atoms with Crippen molar-refractivity contribution in [2.24, 2.45) is 64.9 Å². The Morgan fingerprint density at radius 2 is 1.74 bits per heavy atom. The van der Waals surface area contributed by atoms with E-state index < -0.39 is 35.8 Å². The van der Waals surface area contributed by atoms with Crippen LogP contribution in [0.15, 0.2) is 0 Å². The van der Waals surface area contributed by atoms with Gasteiger partial charge in [-0.15, -0.1) is 0 Å². The maximum atomic E-state index is 14.3. The molecule has 284 valence electrons. The van der Waals surface area contributed by atoms with Gasteiger partial charge >= 0.3 is 0 Å². The monoisotopic (exact) mass is 701 g/mol. The third-order valence-electron chi connectivity index (χ3n) is 13.8. The molecule has 7 N–H and O–H groups in total. The Labute approximate surface area is 301 Å². The number of carbonyl (C=O) groups is 2. The van der Waals surface area contributed by atoms with Crippen molar-refractivity contribution in [1.82, 2.24) is 0 Å². The summed E-state index contributed by atoms with van der Waals surface area (Å²) in [4.78, 5) is 28.0. The molecule has 4 fully saturated rings. The number of ether oxygens (including phenoxy) is 1. The van der Waals surface area contributed by atoms with Crippen LogP contribution in [0.25, 0.3) is 0 Å². The molecule has 0 aromatic heterocycles. The molecule has 5 rings (SSSR count). The van der Waals surface area contributed by atoms with E-state index in [1.54, 1.807) is 7.11 Å². The number of quaternary nitrogens is 1. The van der Waals surface area contributed by atoms with Gasteiger partial charge in [-0.1, -0.05) is 44.4 Å². The highest BCUT2D eigenvalue weighted by molar-refractivity contribution is 6.05. The van der Waals surface area contributed by atoms with Gasteiger partial charge in [0.1, 0.15) is 17.7 Å². The SMILES string of the molecule is CCC[C@@H]([C@H]1C[C@@H](CC2CC[NH2+]C(N)C2)C[C@@H]2C#C[C@H](C3CCCCC3)C3CC(O)C(OC)CC3CCC(=O)[C@H]([O-])C(=O)[C@H]2C1)[C@H](O)CCO. The molecule has 9 nitrogen and oxygen atoms in total. The number of piperidine rings is 1. The number of hydrogen-bond donors (Lipinski definition) is 5. The number of aliphatic hydroxyl groups is 3. The van der Waals surface area contributed by atoms with Crippen LogP contribution in [0.2, 0.25) is 0 Å². The predicted octanol–water partition coefficient (Wildman–Crippen LogP) is 2.71. The quantitative estimate of drug-likeness (QED) is 0.171. The maximum absolute atomic E-state index is 14.3. The number of fused-ring (bicyclic) bond motifs is 2. The number of methoxy groups -OCH3 is 1. The smallest absolute Gasteiger partial charge is 0.137 e. The minimum atomic E-state index is -1.93. The first-order chi connectivity index (χ1) is 24.1. The molecule has 50 heavy (non-hydrogen) atoms. The number of aliphatic hydroxyl groups excluding tert-OH is 3. The molecule has 1 heterocycles. The summed E-state index contributed by atoms with van der Waals surface area (Å²) < 4.78 is 5.69. The summed E-state index contributed by atoms with van der Waals surface area (Å²) in [6, 6.07) is 0. The highest BCUT2D eigenvalue weighted by Crippen LogP contribution is 2.47. The third-order valence-corrected chi connectivity index (χ3v) is 13.8. The summed E-state index contributed by atoms with van der Waals surface area (Å²) >= 11 is 0. The van der Waals surface area contributed by atoms with E-state index in [1.165, 1.54) is 19.3 Å². The van der Waals surface area contributed by atoms with Gasteiger partial charge in [-0.05, 0) is 125 Å². The second kappa shape index (κ2) is 19.1. The third kappa shape index (κ3) is 9.98. The zero-order valence-corrected chi connectivity index (χ0v) is 30.9. The van der Waals surface area contributed by atoms with Crippen LogP contribution in [-0.2, 0) is 14.3 Å². The standard InChI is InChI=1S/C41H67N2O7/c1-3-7-32(35(45)15-17-44)30-20-26(18-25-14-16-43-39(42)21-25)19-28-10-12-31(27-8-5-4-6-9-27)33-24-37(47)38(50-2)23-29(33)11-13-36(46)41(49)40(48)34(28)22-30/h25-35,37-39,41,43-45,47H,3-9,11,13-24,42H2,1-2H3/q-1/p+1/t25?,26-,28-,29?,30-,31+,32-,33?,34-,35+,37?,38?,39?,41-/m0/s1. The normalized spacial score (nSPS) is 40.5. The summed E-state index contributed by atoms with van der Waals surface area (Å²) in [6.07, 6.45) is 11.0. The topological polar surface area (TPSA) is 170 Å². The molecule has 0 spiro atoms. The molecule has 0 radical (unpaired) electrons. The van der Waals surface area contributed by atoms with E-state index in [1.807, 2.05) is 0 Å².